The van der Waals surface area contributed by atoms with E-state index in [1.54, 1.807) is 0 Å². The van der Waals surface area contributed by atoms with Crippen LogP contribution in [0.5, 0.6) is 0 Å². The third kappa shape index (κ3) is 578. The smallest absolute Gasteiger partial charge is 0.290 e. The molecule has 0 amide bonds. The Morgan fingerprint density at radius 1 is 1.23 bits per heavy atom. The molecule has 0 fully saturated rings. The quantitative estimate of drug-likeness (QED) is 0.330. The Morgan fingerprint density at radius 3 is 1.38 bits per heavy atom. The summed E-state index contributed by atoms with van der Waals surface area (Å²) in [6.45, 7) is -0.0625. The predicted molar refractivity (Wildman–Crippen MR) is 45.0 cm³/mol. The first-order chi connectivity index (χ1) is 5.83. The monoisotopic (exact) mass is 218 g/mol. The molecule has 0 aromatic heterocycles. The molecule has 7 nitrogen and oxygen atoms in total. The number of aliphatic hydroxyl groups excluding tert-OH is 2. The fourth-order valence-corrected chi connectivity index (χ4v) is 0.0707. The average molecular weight is 218 g/mol. The molecule has 0 heterocycles. The van der Waals surface area contributed by atoms with Crippen molar-refractivity contribution in [2.24, 2.45) is 0 Å². The summed E-state index contributed by atoms with van der Waals surface area (Å²) < 4.78 is 25.9. The Kier molecular flexibility index (Phi) is 19.4. The number of aliphatic hydroxyl groups is 2. The van der Waals surface area contributed by atoms with Gasteiger partial charge in [0.25, 0.3) is 16.6 Å². The van der Waals surface area contributed by atoms with Gasteiger partial charge < -0.3 is 15.3 Å². The van der Waals surface area contributed by atoms with Crippen LogP contribution in [-0.2, 0) is 14.9 Å². The van der Waals surface area contributed by atoms with Crippen LogP contribution < -0.4 is 0 Å². The van der Waals surface area contributed by atoms with Crippen molar-refractivity contribution in [2.45, 2.75) is 6.42 Å². The Bertz CT molecular complexity index is 163. The first-order valence-electron chi connectivity index (χ1n) is 3.05. The molecule has 0 saturated heterocycles. The highest BCUT2D eigenvalue weighted by molar-refractivity contribution is 7.85. The third-order valence-electron chi connectivity index (χ3n) is 0.316. The fraction of sp³-hybridized carbons (Fsp3) is 0.800. The first-order valence-corrected chi connectivity index (χ1v) is 4.90. The van der Waals surface area contributed by atoms with Crippen LogP contribution in [0.1, 0.15) is 6.42 Å². The van der Waals surface area contributed by atoms with Crippen molar-refractivity contribution in [3.05, 3.63) is 0 Å². The van der Waals surface area contributed by atoms with Gasteiger partial charge in [-0.15, -0.1) is 0 Å². The minimum Gasteiger partial charge on any atom is -0.483 e. The highest BCUT2D eigenvalue weighted by atomic mass is 32.2. The first kappa shape index (κ1) is 18.2. The van der Waals surface area contributed by atoms with E-state index >= 15 is 0 Å². The lowest BCUT2D eigenvalue weighted by molar-refractivity contribution is -0.122. The average Bonchev–Trinajstić information content (AvgIpc) is 1.87. The fourth-order valence-electron chi connectivity index (χ4n) is 0.0707. The van der Waals surface area contributed by atoms with Crippen molar-refractivity contribution >= 4 is 16.6 Å². The van der Waals surface area contributed by atoms with Crippen LogP contribution >= 0.6 is 0 Å². The highest BCUT2D eigenvalue weighted by Gasteiger charge is 1.81. The lowest BCUT2D eigenvalue weighted by atomic mass is 10.5. The molecule has 13 heavy (non-hydrogen) atoms. The molecule has 0 aliphatic rings. The summed E-state index contributed by atoms with van der Waals surface area (Å²) in [5, 5.41) is 22.7. The minimum atomic E-state index is -3.67. The molecular formula is C5H14O7S. The summed E-state index contributed by atoms with van der Waals surface area (Å²) in [4.78, 5) is 8.36. The Hall–Kier alpha value is -0.700. The molecule has 0 spiro atoms. The number of carboxylic acid groups (broad SMARTS) is 1. The number of hydrogen-bond donors (Lipinski definition) is 4. The van der Waals surface area contributed by atoms with Gasteiger partial charge in [0.05, 0.1) is 6.26 Å². The molecule has 0 atom stereocenters. The van der Waals surface area contributed by atoms with Gasteiger partial charge in [0.2, 0.25) is 0 Å². The van der Waals surface area contributed by atoms with Gasteiger partial charge in [-0.3, -0.25) is 9.35 Å². The van der Waals surface area contributed by atoms with Crippen molar-refractivity contribution < 1.29 is 33.1 Å². The largest absolute Gasteiger partial charge is 0.483 e. The molecule has 8 heteroatoms. The zero-order valence-electron chi connectivity index (χ0n) is 7.12. The summed E-state index contributed by atoms with van der Waals surface area (Å²) in [7, 11) is -3.67. The van der Waals surface area contributed by atoms with Gasteiger partial charge in [-0.1, -0.05) is 0 Å². The van der Waals surface area contributed by atoms with E-state index in [1.807, 2.05) is 0 Å². The van der Waals surface area contributed by atoms with Gasteiger partial charge in [-0.05, 0) is 6.42 Å². The van der Waals surface area contributed by atoms with Crippen LogP contribution in [0.15, 0.2) is 0 Å². The molecular weight excluding hydrogens is 204 g/mol. The SMILES string of the molecule is CS(=O)(=O)O.O=CO.OCCCO. The second-order valence-electron chi connectivity index (χ2n) is 1.64. The van der Waals surface area contributed by atoms with Gasteiger partial charge in [0.1, 0.15) is 0 Å². The van der Waals surface area contributed by atoms with Gasteiger partial charge in [0.15, 0.2) is 0 Å². The lowest BCUT2D eigenvalue weighted by Crippen LogP contribution is -1.88. The molecule has 82 valence electrons. The van der Waals surface area contributed by atoms with E-state index in [4.69, 9.17) is 24.7 Å². The van der Waals surface area contributed by atoms with Crippen molar-refractivity contribution in [1.82, 2.24) is 0 Å². The molecule has 0 radical (unpaired) electrons. The third-order valence-corrected chi connectivity index (χ3v) is 0.316. The molecule has 0 rings (SSSR count). The van der Waals surface area contributed by atoms with Crippen LogP contribution in [0.25, 0.3) is 0 Å². The number of hydrogen-bond acceptors (Lipinski definition) is 5. The predicted octanol–water partition coefficient (Wildman–Crippen LogP) is -1.43. The number of rotatable bonds is 2. The molecule has 0 saturated carbocycles. The van der Waals surface area contributed by atoms with Crippen molar-refractivity contribution in [3.8, 4) is 0 Å². The summed E-state index contributed by atoms with van der Waals surface area (Å²) in [5.41, 5.74) is 0. The topological polar surface area (TPSA) is 132 Å². The standard InChI is InChI=1S/C3H8O2.CH4O3S.CH2O2/c4-2-1-3-5;1-5(2,3)4;2-1-3/h4-5H,1-3H2;1H3,(H,2,3,4);1H,(H,2,3). The van der Waals surface area contributed by atoms with Crippen molar-refractivity contribution in [1.29, 1.82) is 0 Å². The summed E-state index contributed by atoms with van der Waals surface area (Å²) in [6.07, 6.45) is 1.22. The minimum absolute atomic E-state index is 0.0938. The van der Waals surface area contributed by atoms with E-state index < -0.39 is 10.1 Å². The highest BCUT2D eigenvalue weighted by Crippen LogP contribution is 1.65. The Balaban J connectivity index is -0.000000120. The van der Waals surface area contributed by atoms with Crippen LogP contribution in [0, 0.1) is 0 Å². The Labute approximate surface area is 76.4 Å². The van der Waals surface area contributed by atoms with E-state index in [0.29, 0.717) is 12.7 Å². The van der Waals surface area contributed by atoms with Gasteiger partial charge in [0, 0.05) is 13.2 Å². The molecule has 0 aromatic carbocycles. The second-order valence-corrected chi connectivity index (χ2v) is 3.11. The zero-order valence-corrected chi connectivity index (χ0v) is 7.94. The van der Waals surface area contributed by atoms with Crippen LogP contribution in [0.3, 0.4) is 0 Å². The van der Waals surface area contributed by atoms with E-state index in [1.165, 1.54) is 0 Å². The summed E-state index contributed by atoms with van der Waals surface area (Å²) >= 11 is 0. The van der Waals surface area contributed by atoms with Crippen LogP contribution in [0.4, 0.5) is 0 Å². The molecule has 0 aliphatic carbocycles. The molecule has 4 N–H and O–H groups in total. The van der Waals surface area contributed by atoms with E-state index in [-0.39, 0.29) is 19.7 Å². The normalized spacial score (nSPS) is 8.62. The summed E-state index contributed by atoms with van der Waals surface area (Å²) in [5.74, 6) is 0. The maximum absolute atomic E-state index is 9.19. The molecule has 0 aromatic rings. The van der Waals surface area contributed by atoms with Crippen molar-refractivity contribution in [2.75, 3.05) is 19.5 Å². The van der Waals surface area contributed by atoms with E-state index in [9.17, 15) is 8.42 Å². The summed E-state index contributed by atoms with van der Waals surface area (Å²) in [6, 6.07) is 0. The van der Waals surface area contributed by atoms with E-state index in [2.05, 4.69) is 0 Å². The lowest BCUT2D eigenvalue weighted by Gasteiger charge is -1.79. The maximum atomic E-state index is 9.19. The van der Waals surface area contributed by atoms with Gasteiger partial charge in [-0.2, -0.15) is 8.42 Å². The van der Waals surface area contributed by atoms with Crippen LogP contribution in [-0.4, -0.2) is 54.2 Å². The van der Waals surface area contributed by atoms with Gasteiger partial charge in [-0.25, -0.2) is 0 Å². The number of carbonyl (C=O) groups is 1. The van der Waals surface area contributed by atoms with Crippen LogP contribution in [0.2, 0.25) is 0 Å². The second kappa shape index (κ2) is 13.9. The van der Waals surface area contributed by atoms with E-state index in [0.717, 1.165) is 0 Å². The van der Waals surface area contributed by atoms with Gasteiger partial charge >= 0.3 is 0 Å². The maximum Gasteiger partial charge on any atom is 0.290 e. The molecule has 0 aliphatic heterocycles. The molecule has 0 unspecified atom stereocenters. The molecule has 0 bridgehead atoms. The Morgan fingerprint density at radius 2 is 1.38 bits per heavy atom. The zero-order chi connectivity index (χ0) is 11.3. The van der Waals surface area contributed by atoms with Crippen molar-refractivity contribution in [3.63, 3.8) is 0 Å².